The number of para-hydroxylation sites is 2. The topological polar surface area (TPSA) is 70.7 Å². The average Bonchev–Trinajstić information content (AvgIpc) is 2.98. The van der Waals surface area contributed by atoms with E-state index in [1.165, 1.54) is 24.1 Å². The molecule has 1 saturated heterocycles. The fraction of sp³-hybridized carbons (Fsp3) is 0.520. The Kier molecular flexibility index (Phi) is 7.81. The molecule has 1 aliphatic heterocycles. The number of hydrogen-bond acceptors (Lipinski definition) is 5. The van der Waals surface area contributed by atoms with Crippen molar-refractivity contribution < 1.29 is 14.3 Å². The zero-order chi connectivity index (χ0) is 22.3. The van der Waals surface area contributed by atoms with Crippen LogP contribution in [0.15, 0.2) is 24.3 Å². The largest absolute Gasteiger partial charge is 0.495 e. The first-order valence-corrected chi connectivity index (χ1v) is 12.6. The standard InChI is InChI=1S/C25H33N3O3S/c1-31-20-13-8-7-12-19(20)26-24(30)23-18-11-5-4-6-14-21(18)32-25(23)27-22(29)17-28-15-9-2-3-10-16-28/h7-8,12-13H,2-6,9-11,14-17H2,1H3,(H,26,30)(H,27,29). The molecular formula is C25H33N3O3S. The van der Waals surface area contributed by atoms with E-state index < -0.39 is 0 Å². The predicted octanol–water partition coefficient (Wildman–Crippen LogP) is 5.09. The molecule has 4 rings (SSSR count). The Balaban J connectivity index is 1.56. The van der Waals surface area contributed by atoms with Crippen molar-refractivity contribution in [2.24, 2.45) is 0 Å². The number of ether oxygens (including phenoxy) is 1. The van der Waals surface area contributed by atoms with Crippen LogP contribution in [0.25, 0.3) is 0 Å². The lowest BCUT2D eigenvalue weighted by atomic mass is 10.0. The van der Waals surface area contributed by atoms with E-state index in [9.17, 15) is 9.59 Å². The molecule has 0 radical (unpaired) electrons. The van der Waals surface area contributed by atoms with E-state index in [2.05, 4.69) is 15.5 Å². The normalized spacial score (nSPS) is 17.0. The molecule has 2 aromatic rings. The molecule has 1 aromatic carbocycles. The number of carbonyl (C=O) groups excluding carboxylic acids is 2. The van der Waals surface area contributed by atoms with Crippen LogP contribution in [-0.4, -0.2) is 43.5 Å². The van der Waals surface area contributed by atoms with Crippen LogP contribution in [0.2, 0.25) is 0 Å². The molecule has 2 heterocycles. The van der Waals surface area contributed by atoms with Gasteiger partial charge >= 0.3 is 0 Å². The second kappa shape index (κ2) is 11.0. The van der Waals surface area contributed by atoms with Gasteiger partial charge in [-0.3, -0.25) is 14.5 Å². The van der Waals surface area contributed by atoms with Crippen LogP contribution >= 0.6 is 11.3 Å². The summed E-state index contributed by atoms with van der Waals surface area (Å²) in [5, 5.41) is 6.80. The molecule has 1 aliphatic carbocycles. The first-order valence-electron chi connectivity index (χ1n) is 11.8. The van der Waals surface area contributed by atoms with E-state index in [0.717, 1.165) is 57.2 Å². The summed E-state index contributed by atoms with van der Waals surface area (Å²) < 4.78 is 5.40. The van der Waals surface area contributed by atoms with Crippen molar-refractivity contribution in [3.05, 3.63) is 40.3 Å². The van der Waals surface area contributed by atoms with Gasteiger partial charge < -0.3 is 15.4 Å². The molecule has 2 amide bonds. The second-order valence-electron chi connectivity index (χ2n) is 8.66. The number of hydrogen-bond donors (Lipinski definition) is 2. The number of likely N-dealkylation sites (tertiary alicyclic amines) is 1. The van der Waals surface area contributed by atoms with Gasteiger partial charge in [-0.2, -0.15) is 0 Å². The molecule has 6 nitrogen and oxygen atoms in total. The number of aryl methyl sites for hydroxylation is 1. The SMILES string of the molecule is COc1ccccc1NC(=O)c1c(NC(=O)CN2CCCCCC2)sc2c1CCCCC2. The van der Waals surface area contributed by atoms with Gasteiger partial charge in [0.05, 0.1) is 24.9 Å². The van der Waals surface area contributed by atoms with Gasteiger partial charge in [0.1, 0.15) is 10.8 Å². The first kappa shape index (κ1) is 22.8. The number of methoxy groups -OCH3 is 1. The fourth-order valence-electron chi connectivity index (χ4n) is 4.67. The molecule has 7 heteroatoms. The smallest absolute Gasteiger partial charge is 0.259 e. The van der Waals surface area contributed by atoms with Gasteiger partial charge in [-0.25, -0.2) is 0 Å². The number of fused-ring (bicyclic) bond motifs is 1. The first-order chi connectivity index (χ1) is 15.7. The minimum Gasteiger partial charge on any atom is -0.495 e. The number of benzene rings is 1. The third kappa shape index (κ3) is 5.51. The zero-order valence-corrected chi connectivity index (χ0v) is 19.7. The van der Waals surface area contributed by atoms with E-state index in [1.807, 2.05) is 24.3 Å². The summed E-state index contributed by atoms with van der Waals surface area (Å²) in [6, 6.07) is 7.41. The van der Waals surface area contributed by atoms with E-state index >= 15 is 0 Å². The number of nitrogens with zero attached hydrogens (tertiary/aromatic N) is 1. The van der Waals surface area contributed by atoms with Crippen molar-refractivity contribution in [2.75, 3.05) is 37.4 Å². The van der Waals surface area contributed by atoms with Gasteiger partial charge in [0.2, 0.25) is 5.91 Å². The Hall–Kier alpha value is -2.38. The van der Waals surface area contributed by atoms with Gasteiger partial charge in [-0.15, -0.1) is 11.3 Å². The molecule has 2 aliphatic rings. The van der Waals surface area contributed by atoms with Crippen LogP contribution in [0.1, 0.15) is 65.7 Å². The number of amides is 2. The molecule has 2 N–H and O–H groups in total. The lowest BCUT2D eigenvalue weighted by Crippen LogP contribution is -2.34. The monoisotopic (exact) mass is 455 g/mol. The van der Waals surface area contributed by atoms with Gasteiger partial charge in [0.25, 0.3) is 5.91 Å². The maximum Gasteiger partial charge on any atom is 0.259 e. The van der Waals surface area contributed by atoms with Gasteiger partial charge in [0, 0.05) is 4.88 Å². The summed E-state index contributed by atoms with van der Waals surface area (Å²) in [6.45, 7) is 2.32. The summed E-state index contributed by atoms with van der Waals surface area (Å²) in [5.41, 5.74) is 2.36. The third-order valence-electron chi connectivity index (χ3n) is 6.32. The van der Waals surface area contributed by atoms with E-state index in [-0.39, 0.29) is 11.8 Å². The number of carbonyl (C=O) groups is 2. The van der Waals surface area contributed by atoms with Crippen molar-refractivity contribution in [1.82, 2.24) is 4.90 Å². The molecule has 0 unspecified atom stereocenters. The highest BCUT2D eigenvalue weighted by molar-refractivity contribution is 7.17. The summed E-state index contributed by atoms with van der Waals surface area (Å²) in [4.78, 5) is 29.8. The average molecular weight is 456 g/mol. The van der Waals surface area contributed by atoms with Gasteiger partial charge in [-0.05, 0) is 69.3 Å². The molecule has 0 saturated carbocycles. The Bertz CT molecular complexity index is 948. The number of anilines is 2. The Morgan fingerprint density at radius 1 is 0.969 bits per heavy atom. The summed E-state index contributed by atoms with van der Waals surface area (Å²) in [5.74, 6) is 0.405. The van der Waals surface area contributed by atoms with Crippen LogP contribution in [0, 0.1) is 0 Å². The van der Waals surface area contributed by atoms with Crippen molar-refractivity contribution >= 4 is 33.8 Å². The lowest BCUT2D eigenvalue weighted by Gasteiger charge is -2.19. The summed E-state index contributed by atoms with van der Waals surface area (Å²) in [7, 11) is 1.59. The number of nitrogens with one attached hydrogen (secondary N) is 2. The van der Waals surface area contributed by atoms with Gasteiger partial charge in [0.15, 0.2) is 0 Å². The highest BCUT2D eigenvalue weighted by Crippen LogP contribution is 2.38. The maximum absolute atomic E-state index is 13.4. The van der Waals surface area contributed by atoms with Crippen LogP contribution in [0.4, 0.5) is 10.7 Å². The minimum absolute atomic E-state index is 0.0327. The fourth-order valence-corrected chi connectivity index (χ4v) is 5.97. The Labute approximate surface area is 194 Å². The van der Waals surface area contributed by atoms with E-state index in [1.54, 1.807) is 18.4 Å². The maximum atomic E-state index is 13.4. The molecule has 0 atom stereocenters. The van der Waals surface area contributed by atoms with Crippen LogP contribution in [-0.2, 0) is 17.6 Å². The zero-order valence-electron chi connectivity index (χ0n) is 18.9. The third-order valence-corrected chi connectivity index (χ3v) is 7.53. The van der Waals surface area contributed by atoms with Gasteiger partial charge in [-0.1, -0.05) is 31.4 Å². The second-order valence-corrected chi connectivity index (χ2v) is 9.77. The van der Waals surface area contributed by atoms with E-state index in [4.69, 9.17) is 4.74 Å². The summed E-state index contributed by atoms with van der Waals surface area (Å²) in [6.07, 6.45) is 9.99. The van der Waals surface area contributed by atoms with Crippen LogP contribution in [0.5, 0.6) is 5.75 Å². The minimum atomic E-state index is -0.182. The quantitative estimate of drug-likeness (QED) is 0.595. The lowest BCUT2D eigenvalue weighted by molar-refractivity contribution is -0.117. The van der Waals surface area contributed by atoms with Crippen LogP contribution in [0.3, 0.4) is 0 Å². The summed E-state index contributed by atoms with van der Waals surface area (Å²) >= 11 is 1.58. The van der Waals surface area contributed by atoms with Crippen molar-refractivity contribution in [3.63, 3.8) is 0 Å². The Morgan fingerprint density at radius 3 is 2.47 bits per heavy atom. The molecule has 1 aromatic heterocycles. The van der Waals surface area contributed by atoms with E-state index in [0.29, 0.717) is 28.5 Å². The number of thiophene rings is 1. The van der Waals surface area contributed by atoms with Crippen molar-refractivity contribution in [2.45, 2.75) is 57.8 Å². The molecule has 0 spiro atoms. The van der Waals surface area contributed by atoms with Crippen molar-refractivity contribution in [1.29, 1.82) is 0 Å². The molecule has 32 heavy (non-hydrogen) atoms. The molecular weight excluding hydrogens is 422 g/mol. The molecule has 172 valence electrons. The van der Waals surface area contributed by atoms with Crippen LogP contribution < -0.4 is 15.4 Å². The highest BCUT2D eigenvalue weighted by Gasteiger charge is 2.26. The molecule has 0 bridgehead atoms. The van der Waals surface area contributed by atoms with Crippen molar-refractivity contribution in [3.8, 4) is 5.75 Å². The predicted molar refractivity (Wildman–Crippen MR) is 130 cm³/mol. The highest BCUT2D eigenvalue weighted by atomic mass is 32.1. The Morgan fingerprint density at radius 2 is 1.69 bits per heavy atom. The number of rotatable bonds is 6. The molecule has 1 fully saturated rings.